The predicted octanol–water partition coefficient (Wildman–Crippen LogP) is 3.57. The predicted molar refractivity (Wildman–Crippen MR) is 98.1 cm³/mol. The number of pyridine rings is 1. The summed E-state index contributed by atoms with van der Waals surface area (Å²) in [5, 5.41) is 20.3. The van der Waals surface area contributed by atoms with Crippen molar-refractivity contribution in [3.8, 4) is 17.1 Å². The summed E-state index contributed by atoms with van der Waals surface area (Å²) in [6.45, 7) is 2.73. The maximum Gasteiger partial charge on any atom is 0.270 e. The van der Waals surface area contributed by atoms with Gasteiger partial charge in [0.05, 0.1) is 12.0 Å². The van der Waals surface area contributed by atoms with Gasteiger partial charge in [0.25, 0.3) is 5.69 Å². The molecule has 0 aliphatic carbocycles. The number of non-ortho nitro benzene ring substituents is 1. The number of ether oxygens (including phenoxy) is 1. The first-order chi connectivity index (χ1) is 12.6. The molecule has 0 aliphatic rings. The van der Waals surface area contributed by atoms with Gasteiger partial charge in [-0.15, -0.1) is 10.2 Å². The SMILES string of the molecule is CCn1c(SCc2cc([N+](=O)[O-])ccc2OC)nnc1-c1ccncc1. The molecule has 134 valence electrons. The summed E-state index contributed by atoms with van der Waals surface area (Å²) in [5.74, 6) is 1.86. The monoisotopic (exact) mass is 371 g/mol. The molecule has 0 aliphatic heterocycles. The molecule has 0 amide bonds. The molecule has 0 atom stereocenters. The number of methoxy groups -OCH3 is 1. The lowest BCUT2D eigenvalue weighted by atomic mass is 10.2. The first kappa shape index (κ1) is 17.9. The number of thioether (sulfide) groups is 1. The van der Waals surface area contributed by atoms with Crippen molar-refractivity contribution in [3.05, 3.63) is 58.4 Å². The van der Waals surface area contributed by atoms with Gasteiger partial charge in [0.15, 0.2) is 11.0 Å². The van der Waals surface area contributed by atoms with Crippen LogP contribution < -0.4 is 4.74 Å². The summed E-state index contributed by atoms with van der Waals surface area (Å²) in [6.07, 6.45) is 3.43. The highest BCUT2D eigenvalue weighted by molar-refractivity contribution is 7.98. The lowest BCUT2D eigenvalue weighted by molar-refractivity contribution is -0.384. The third kappa shape index (κ3) is 3.67. The van der Waals surface area contributed by atoms with E-state index in [0.717, 1.165) is 22.1 Å². The average molecular weight is 371 g/mol. The van der Waals surface area contributed by atoms with Crippen LogP contribution in [0.3, 0.4) is 0 Å². The molecular formula is C17H17N5O3S. The van der Waals surface area contributed by atoms with Gasteiger partial charge in [-0.3, -0.25) is 15.1 Å². The molecule has 0 fully saturated rings. The maximum absolute atomic E-state index is 11.0. The number of rotatable bonds is 7. The van der Waals surface area contributed by atoms with Crippen LogP contribution in [0.15, 0.2) is 47.9 Å². The Bertz CT molecular complexity index is 914. The van der Waals surface area contributed by atoms with Crippen LogP contribution in [0.5, 0.6) is 5.75 Å². The van der Waals surface area contributed by atoms with Crippen LogP contribution >= 0.6 is 11.8 Å². The number of nitro benzene ring substituents is 1. The Hall–Kier alpha value is -2.94. The van der Waals surface area contributed by atoms with Gasteiger partial charge < -0.3 is 9.30 Å². The summed E-state index contributed by atoms with van der Waals surface area (Å²) in [4.78, 5) is 14.6. The highest BCUT2D eigenvalue weighted by atomic mass is 32.2. The van der Waals surface area contributed by atoms with Gasteiger partial charge in [-0.2, -0.15) is 0 Å². The number of nitrogens with zero attached hydrogens (tertiary/aromatic N) is 5. The first-order valence-electron chi connectivity index (χ1n) is 7.91. The van der Waals surface area contributed by atoms with Crippen LogP contribution in [0.4, 0.5) is 5.69 Å². The van der Waals surface area contributed by atoms with E-state index in [-0.39, 0.29) is 5.69 Å². The molecule has 0 saturated heterocycles. The van der Waals surface area contributed by atoms with Gasteiger partial charge >= 0.3 is 0 Å². The van der Waals surface area contributed by atoms with Gasteiger partial charge in [0.2, 0.25) is 0 Å². The van der Waals surface area contributed by atoms with Crippen LogP contribution in [-0.4, -0.2) is 31.8 Å². The molecule has 3 aromatic rings. The second kappa shape index (κ2) is 7.96. The van der Waals surface area contributed by atoms with Crippen molar-refractivity contribution in [1.82, 2.24) is 19.7 Å². The molecule has 2 aromatic heterocycles. The Labute approximate surface area is 154 Å². The first-order valence-corrected chi connectivity index (χ1v) is 8.90. The summed E-state index contributed by atoms with van der Waals surface area (Å²) in [5.41, 5.74) is 1.72. The molecular weight excluding hydrogens is 354 g/mol. The zero-order valence-corrected chi connectivity index (χ0v) is 15.1. The van der Waals surface area contributed by atoms with E-state index < -0.39 is 4.92 Å². The van der Waals surface area contributed by atoms with Crippen LogP contribution in [0.2, 0.25) is 0 Å². The fourth-order valence-electron chi connectivity index (χ4n) is 2.53. The molecule has 0 unspecified atom stereocenters. The molecule has 8 nitrogen and oxygen atoms in total. The minimum atomic E-state index is -0.413. The molecule has 0 radical (unpaired) electrons. The lowest BCUT2D eigenvalue weighted by Gasteiger charge is -2.09. The number of benzene rings is 1. The fourth-order valence-corrected chi connectivity index (χ4v) is 3.51. The van der Waals surface area contributed by atoms with Gasteiger partial charge in [-0.1, -0.05) is 11.8 Å². The molecule has 0 saturated carbocycles. The minimum Gasteiger partial charge on any atom is -0.496 e. The van der Waals surface area contributed by atoms with Crippen LogP contribution in [0.25, 0.3) is 11.4 Å². The zero-order valence-electron chi connectivity index (χ0n) is 14.3. The van der Waals surface area contributed by atoms with Gasteiger partial charge in [0.1, 0.15) is 5.75 Å². The average Bonchev–Trinajstić information content (AvgIpc) is 3.09. The van der Waals surface area contributed by atoms with E-state index in [1.165, 1.54) is 23.9 Å². The third-order valence-electron chi connectivity index (χ3n) is 3.80. The molecule has 0 spiro atoms. The number of nitro groups is 1. The van der Waals surface area contributed by atoms with E-state index >= 15 is 0 Å². The maximum atomic E-state index is 11.0. The van der Waals surface area contributed by atoms with Crippen LogP contribution in [0.1, 0.15) is 12.5 Å². The number of aromatic nitrogens is 4. The van der Waals surface area contributed by atoms with Crippen molar-refractivity contribution >= 4 is 17.4 Å². The van der Waals surface area contributed by atoms with E-state index in [0.29, 0.717) is 18.0 Å². The van der Waals surface area contributed by atoms with Gasteiger partial charge in [-0.25, -0.2) is 0 Å². The Balaban J connectivity index is 1.86. The van der Waals surface area contributed by atoms with Crippen molar-refractivity contribution in [1.29, 1.82) is 0 Å². The van der Waals surface area contributed by atoms with E-state index in [1.54, 1.807) is 25.6 Å². The van der Waals surface area contributed by atoms with Crippen molar-refractivity contribution in [3.63, 3.8) is 0 Å². The second-order valence-corrected chi connectivity index (χ2v) is 6.27. The van der Waals surface area contributed by atoms with Gasteiger partial charge in [0, 0.05) is 48.0 Å². The topological polar surface area (TPSA) is 96.0 Å². The van der Waals surface area contributed by atoms with E-state index in [9.17, 15) is 10.1 Å². The molecule has 26 heavy (non-hydrogen) atoms. The fraction of sp³-hybridized carbons (Fsp3) is 0.235. The lowest BCUT2D eigenvalue weighted by Crippen LogP contribution is -2.00. The molecule has 3 rings (SSSR count). The van der Waals surface area contributed by atoms with Crippen molar-refractivity contribution < 1.29 is 9.66 Å². The summed E-state index contributed by atoms with van der Waals surface area (Å²) in [7, 11) is 1.55. The Kier molecular flexibility index (Phi) is 5.47. The highest BCUT2D eigenvalue weighted by Gasteiger charge is 2.16. The van der Waals surface area contributed by atoms with Gasteiger partial charge in [-0.05, 0) is 25.1 Å². The highest BCUT2D eigenvalue weighted by Crippen LogP contribution is 2.31. The number of hydrogen-bond donors (Lipinski definition) is 0. The Morgan fingerprint density at radius 3 is 2.65 bits per heavy atom. The van der Waals surface area contributed by atoms with E-state index in [4.69, 9.17) is 4.74 Å². The Morgan fingerprint density at radius 1 is 1.23 bits per heavy atom. The molecule has 2 heterocycles. The normalized spacial score (nSPS) is 10.7. The van der Waals surface area contributed by atoms with Crippen molar-refractivity contribution in [2.75, 3.05) is 7.11 Å². The molecule has 0 N–H and O–H groups in total. The summed E-state index contributed by atoms with van der Waals surface area (Å²) < 4.78 is 7.32. The quantitative estimate of drug-likeness (QED) is 0.356. The molecule has 0 bridgehead atoms. The standard InChI is InChI=1S/C17H17N5O3S/c1-3-21-16(12-6-8-18-9-7-12)19-20-17(21)26-11-13-10-14(22(23)24)4-5-15(13)25-2/h4-10H,3,11H2,1-2H3. The largest absolute Gasteiger partial charge is 0.496 e. The molecule has 9 heteroatoms. The van der Waals surface area contributed by atoms with Crippen LogP contribution in [0, 0.1) is 10.1 Å². The summed E-state index contributed by atoms with van der Waals surface area (Å²) in [6, 6.07) is 8.34. The van der Waals surface area contributed by atoms with E-state index in [1.807, 2.05) is 23.6 Å². The minimum absolute atomic E-state index is 0.0378. The van der Waals surface area contributed by atoms with Crippen LogP contribution in [-0.2, 0) is 12.3 Å². The number of hydrogen-bond acceptors (Lipinski definition) is 7. The second-order valence-electron chi connectivity index (χ2n) is 5.33. The molecule has 1 aromatic carbocycles. The third-order valence-corrected chi connectivity index (χ3v) is 4.82. The summed E-state index contributed by atoms with van der Waals surface area (Å²) >= 11 is 1.46. The Morgan fingerprint density at radius 2 is 2.00 bits per heavy atom. The zero-order chi connectivity index (χ0) is 18.5. The van der Waals surface area contributed by atoms with Crippen molar-refractivity contribution in [2.24, 2.45) is 0 Å². The van der Waals surface area contributed by atoms with Crippen molar-refractivity contribution in [2.45, 2.75) is 24.4 Å². The smallest absolute Gasteiger partial charge is 0.270 e. The van der Waals surface area contributed by atoms with E-state index in [2.05, 4.69) is 15.2 Å².